The van der Waals surface area contributed by atoms with Crippen LogP contribution in [0.25, 0.3) is 11.4 Å². The summed E-state index contributed by atoms with van der Waals surface area (Å²) in [5.41, 5.74) is 1.12. The Bertz CT molecular complexity index is 1040. The number of hydrogen-bond acceptors (Lipinski definition) is 7. The summed E-state index contributed by atoms with van der Waals surface area (Å²) in [6.07, 6.45) is 0. The smallest absolute Gasteiger partial charge is 0.234 e. The van der Waals surface area contributed by atoms with Gasteiger partial charge in [0.1, 0.15) is 11.5 Å². The molecule has 0 fully saturated rings. The summed E-state index contributed by atoms with van der Waals surface area (Å²) in [5, 5.41) is 12.1. The van der Waals surface area contributed by atoms with Crippen molar-refractivity contribution in [2.75, 3.05) is 31.1 Å². The molecular formula is C18H17Cl2N5O3S. The zero-order valence-corrected chi connectivity index (χ0v) is 17.8. The van der Waals surface area contributed by atoms with Crippen LogP contribution < -0.4 is 20.6 Å². The first-order valence-electron chi connectivity index (χ1n) is 8.23. The van der Waals surface area contributed by atoms with E-state index in [4.69, 9.17) is 38.5 Å². The number of nitrogens with two attached hydrogens (primary N) is 1. The quantitative estimate of drug-likeness (QED) is 0.414. The topological polar surface area (TPSA) is 104 Å². The molecule has 0 saturated carbocycles. The molecule has 1 heterocycles. The van der Waals surface area contributed by atoms with E-state index in [2.05, 4.69) is 15.5 Å². The highest BCUT2D eigenvalue weighted by Crippen LogP contribution is 2.31. The SMILES string of the molecule is COc1ccc(NC(=O)CSc2nnc(-c3ccc(Cl)cc3Cl)n2N)c(OC)c1. The first-order chi connectivity index (χ1) is 13.9. The van der Waals surface area contributed by atoms with Gasteiger partial charge in [-0.25, -0.2) is 4.68 Å². The van der Waals surface area contributed by atoms with Gasteiger partial charge in [-0.3, -0.25) is 4.79 Å². The van der Waals surface area contributed by atoms with Gasteiger partial charge in [0.2, 0.25) is 11.1 Å². The van der Waals surface area contributed by atoms with Gasteiger partial charge in [-0.2, -0.15) is 0 Å². The van der Waals surface area contributed by atoms with Gasteiger partial charge in [-0.1, -0.05) is 35.0 Å². The van der Waals surface area contributed by atoms with E-state index in [1.807, 2.05) is 0 Å². The summed E-state index contributed by atoms with van der Waals surface area (Å²) >= 11 is 13.3. The molecule has 3 rings (SSSR count). The van der Waals surface area contributed by atoms with Crippen LogP contribution in [0.15, 0.2) is 41.6 Å². The van der Waals surface area contributed by atoms with Gasteiger partial charge in [-0.05, 0) is 30.3 Å². The lowest BCUT2D eigenvalue weighted by atomic mass is 10.2. The van der Waals surface area contributed by atoms with E-state index in [9.17, 15) is 4.79 Å². The highest BCUT2D eigenvalue weighted by molar-refractivity contribution is 7.99. The number of nitrogens with one attached hydrogen (secondary N) is 1. The largest absolute Gasteiger partial charge is 0.497 e. The monoisotopic (exact) mass is 453 g/mol. The number of methoxy groups -OCH3 is 2. The second-order valence-electron chi connectivity index (χ2n) is 5.70. The third-order valence-corrected chi connectivity index (χ3v) is 5.34. The van der Waals surface area contributed by atoms with Crippen LogP contribution in [0.5, 0.6) is 11.5 Å². The van der Waals surface area contributed by atoms with Crippen molar-refractivity contribution in [3.63, 3.8) is 0 Å². The molecule has 0 aliphatic heterocycles. The number of carbonyl (C=O) groups excluding carboxylic acids is 1. The van der Waals surface area contributed by atoms with Gasteiger partial charge in [0.25, 0.3) is 0 Å². The first-order valence-corrected chi connectivity index (χ1v) is 9.97. The molecule has 1 amide bonds. The highest BCUT2D eigenvalue weighted by atomic mass is 35.5. The molecule has 0 radical (unpaired) electrons. The molecule has 11 heteroatoms. The Labute approximate surface area is 181 Å². The number of amides is 1. The van der Waals surface area contributed by atoms with E-state index in [0.29, 0.717) is 43.8 Å². The summed E-state index contributed by atoms with van der Waals surface area (Å²) in [4.78, 5) is 12.3. The van der Waals surface area contributed by atoms with Crippen LogP contribution in [-0.4, -0.2) is 40.8 Å². The maximum Gasteiger partial charge on any atom is 0.234 e. The number of carbonyl (C=O) groups is 1. The number of nitrogens with zero attached hydrogens (tertiary/aromatic N) is 3. The van der Waals surface area contributed by atoms with Crippen LogP contribution in [0.4, 0.5) is 5.69 Å². The fraction of sp³-hybridized carbons (Fsp3) is 0.167. The van der Waals surface area contributed by atoms with E-state index in [1.54, 1.807) is 43.5 Å². The minimum atomic E-state index is -0.257. The number of thioether (sulfide) groups is 1. The summed E-state index contributed by atoms with van der Waals surface area (Å²) in [6.45, 7) is 0. The fourth-order valence-electron chi connectivity index (χ4n) is 2.45. The number of aromatic nitrogens is 3. The number of ether oxygens (including phenoxy) is 2. The Morgan fingerprint density at radius 3 is 2.66 bits per heavy atom. The number of nitrogen functional groups attached to an aromatic ring is 1. The van der Waals surface area contributed by atoms with E-state index < -0.39 is 0 Å². The Morgan fingerprint density at radius 2 is 1.97 bits per heavy atom. The number of halogens is 2. The molecule has 152 valence electrons. The summed E-state index contributed by atoms with van der Waals surface area (Å²) < 4.78 is 11.7. The Balaban J connectivity index is 1.68. The van der Waals surface area contributed by atoms with Gasteiger partial charge < -0.3 is 20.6 Å². The summed E-state index contributed by atoms with van der Waals surface area (Å²) in [7, 11) is 3.07. The molecular weight excluding hydrogens is 437 g/mol. The molecule has 0 unspecified atom stereocenters. The molecule has 0 aliphatic carbocycles. The average molecular weight is 454 g/mol. The van der Waals surface area contributed by atoms with Gasteiger partial charge in [0.15, 0.2) is 5.82 Å². The average Bonchev–Trinajstić information content (AvgIpc) is 3.07. The van der Waals surface area contributed by atoms with E-state index in [0.717, 1.165) is 11.8 Å². The molecule has 0 saturated heterocycles. The summed E-state index contributed by atoms with van der Waals surface area (Å²) in [6, 6.07) is 10.1. The number of benzene rings is 2. The number of anilines is 1. The molecule has 0 aliphatic rings. The van der Waals surface area contributed by atoms with E-state index in [-0.39, 0.29) is 11.7 Å². The van der Waals surface area contributed by atoms with Crippen LogP contribution in [0, 0.1) is 0 Å². The lowest BCUT2D eigenvalue weighted by molar-refractivity contribution is -0.113. The Morgan fingerprint density at radius 1 is 1.17 bits per heavy atom. The zero-order valence-electron chi connectivity index (χ0n) is 15.5. The number of rotatable bonds is 7. The first kappa shape index (κ1) is 21.1. The van der Waals surface area contributed by atoms with Crippen LogP contribution >= 0.6 is 35.0 Å². The number of hydrogen-bond donors (Lipinski definition) is 2. The van der Waals surface area contributed by atoms with Crippen molar-refractivity contribution in [2.24, 2.45) is 0 Å². The molecule has 8 nitrogen and oxygen atoms in total. The second kappa shape index (κ2) is 9.25. The molecule has 0 bridgehead atoms. The third kappa shape index (κ3) is 4.87. The maximum absolute atomic E-state index is 12.3. The minimum Gasteiger partial charge on any atom is -0.497 e. The minimum absolute atomic E-state index is 0.0683. The lowest BCUT2D eigenvalue weighted by Gasteiger charge is -2.11. The second-order valence-corrected chi connectivity index (χ2v) is 7.49. The summed E-state index contributed by atoms with van der Waals surface area (Å²) in [5.74, 6) is 7.36. The van der Waals surface area contributed by atoms with E-state index >= 15 is 0 Å². The van der Waals surface area contributed by atoms with Crippen molar-refractivity contribution in [3.8, 4) is 22.9 Å². The van der Waals surface area contributed by atoms with Crippen molar-refractivity contribution in [1.29, 1.82) is 0 Å². The van der Waals surface area contributed by atoms with Crippen molar-refractivity contribution in [3.05, 3.63) is 46.4 Å². The molecule has 2 aromatic carbocycles. The Hall–Kier alpha value is -2.62. The van der Waals surface area contributed by atoms with E-state index in [1.165, 1.54) is 11.8 Å². The van der Waals surface area contributed by atoms with Gasteiger partial charge >= 0.3 is 0 Å². The molecule has 0 spiro atoms. The van der Waals surface area contributed by atoms with Crippen LogP contribution in [0.2, 0.25) is 10.0 Å². The molecule has 1 aromatic heterocycles. The van der Waals surface area contributed by atoms with Crippen molar-refractivity contribution in [1.82, 2.24) is 14.9 Å². The molecule has 3 N–H and O–H groups in total. The fourth-order valence-corrected chi connectivity index (χ4v) is 3.60. The van der Waals surface area contributed by atoms with Crippen molar-refractivity contribution < 1.29 is 14.3 Å². The van der Waals surface area contributed by atoms with Crippen molar-refractivity contribution in [2.45, 2.75) is 5.16 Å². The van der Waals surface area contributed by atoms with Gasteiger partial charge in [0.05, 0.1) is 30.7 Å². The normalized spacial score (nSPS) is 10.6. The lowest BCUT2D eigenvalue weighted by Crippen LogP contribution is -2.17. The predicted octanol–water partition coefficient (Wildman–Crippen LogP) is 3.71. The standard InChI is InChI=1S/C18H17Cl2N5O3S/c1-27-11-4-6-14(15(8-11)28-2)22-16(26)9-29-18-24-23-17(25(18)21)12-5-3-10(19)7-13(12)20/h3-8H,9,21H2,1-2H3,(H,22,26). The van der Waals surface area contributed by atoms with Crippen LogP contribution in [0.3, 0.4) is 0 Å². The van der Waals surface area contributed by atoms with Crippen LogP contribution in [0.1, 0.15) is 0 Å². The molecule has 0 atom stereocenters. The maximum atomic E-state index is 12.3. The molecule has 3 aromatic rings. The predicted molar refractivity (Wildman–Crippen MR) is 115 cm³/mol. The highest BCUT2D eigenvalue weighted by Gasteiger charge is 2.17. The van der Waals surface area contributed by atoms with Crippen LogP contribution in [-0.2, 0) is 4.79 Å². The zero-order chi connectivity index (χ0) is 21.0. The third-order valence-electron chi connectivity index (χ3n) is 3.85. The van der Waals surface area contributed by atoms with Crippen molar-refractivity contribution >= 4 is 46.6 Å². The van der Waals surface area contributed by atoms with Gasteiger partial charge in [-0.15, -0.1) is 10.2 Å². The Kier molecular flexibility index (Phi) is 6.73. The van der Waals surface area contributed by atoms with Gasteiger partial charge in [0, 0.05) is 16.7 Å². The molecule has 29 heavy (non-hydrogen) atoms.